The first-order valence-corrected chi connectivity index (χ1v) is 8.06. The smallest absolute Gasteiger partial charge is 0.119 e. The van der Waals surface area contributed by atoms with Crippen molar-refractivity contribution in [3.63, 3.8) is 0 Å². The number of benzene rings is 2. The number of morpholine rings is 1. The maximum Gasteiger partial charge on any atom is 0.119 e. The summed E-state index contributed by atoms with van der Waals surface area (Å²) in [6.45, 7) is 3.86. The lowest BCUT2D eigenvalue weighted by Gasteiger charge is -2.33. The molecule has 2 aromatic rings. The average Bonchev–Trinajstić information content (AvgIpc) is 2.63. The maximum absolute atomic E-state index is 9.74. The van der Waals surface area contributed by atoms with Crippen LogP contribution in [0.15, 0.2) is 54.6 Å². The molecule has 0 saturated carbocycles. The molecule has 1 fully saturated rings. The Hall–Kier alpha value is -1.88. The minimum atomic E-state index is 0.0297. The fourth-order valence-corrected chi connectivity index (χ4v) is 2.85. The highest BCUT2D eigenvalue weighted by atomic mass is 16.5. The predicted molar refractivity (Wildman–Crippen MR) is 89.4 cm³/mol. The highest BCUT2D eigenvalue weighted by Gasteiger charge is 2.21. The molecular weight excluding hydrogens is 290 g/mol. The van der Waals surface area contributed by atoms with E-state index in [0.29, 0.717) is 6.61 Å². The Morgan fingerprint density at radius 1 is 1.00 bits per heavy atom. The topological polar surface area (TPSA) is 41.9 Å². The monoisotopic (exact) mass is 313 g/mol. The fourth-order valence-electron chi connectivity index (χ4n) is 2.85. The van der Waals surface area contributed by atoms with Crippen molar-refractivity contribution in [1.29, 1.82) is 0 Å². The van der Waals surface area contributed by atoms with Gasteiger partial charge < -0.3 is 14.6 Å². The summed E-state index contributed by atoms with van der Waals surface area (Å²) in [4.78, 5) is 2.27. The van der Waals surface area contributed by atoms with Gasteiger partial charge in [-0.2, -0.15) is 0 Å². The van der Waals surface area contributed by atoms with Crippen LogP contribution >= 0.6 is 0 Å². The molecule has 122 valence electrons. The molecule has 0 radical (unpaired) electrons. The van der Waals surface area contributed by atoms with Gasteiger partial charge in [0.25, 0.3) is 0 Å². The van der Waals surface area contributed by atoms with Crippen molar-refractivity contribution in [3.05, 3.63) is 65.7 Å². The summed E-state index contributed by atoms with van der Waals surface area (Å²) in [6.07, 6.45) is 0. The molecule has 23 heavy (non-hydrogen) atoms. The van der Waals surface area contributed by atoms with E-state index in [9.17, 15) is 5.11 Å². The van der Waals surface area contributed by atoms with E-state index in [1.165, 1.54) is 0 Å². The SMILES string of the molecule is OCC(c1ccc(OCc2ccccc2)cc1)N1CCOCC1. The molecule has 4 heteroatoms. The second-order valence-corrected chi connectivity index (χ2v) is 5.69. The van der Waals surface area contributed by atoms with Crippen LogP contribution in [0, 0.1) is 0 Å². The molecule has 2 aromatic carbocycles. The van der Waals surface area contributed by atoms with Crippen molar-refractivity contribution in [3.8, 4) is 5.75 Å². The third kappa shape index (κ3) is 4.32. The highest BCUT2D eigenvalue weighted by Crippen LogP contribution is 2.24. The summed E-state index contributed by atoms with van der Waals surface area (Å²) in [6, 6.07) is 18.2. The van der Waals surface area contributed by atoms with Gasteiger partial charge in [-0.3, -0.25) is 4.90 Å². The van der Waals surface area contributed by atoms with E-state index in [-0.39, 0.29) is 12.6 Å². The number of hydrogen-bond donors (Lipinski definition) is 1. The Kier molecular flexibility index (Phi) is 5.64. The Labute approximate surface area is 137 Å². The maximum atomic E-state index is 9.74. The van der Waals surface area contributed by atoms with Crippen LogP contribution in [0.4, 0.5) is 0 Å². The minimum Gasteiger partial charge on any atom is -0.489 e. The average molecular weight is 313 g/mol. The van der Waals surface area contributed by atoms with Crippen molar-refractivity contribution >= 4 is 0 Å². The van der Waals surface area contributed by atoms with Crippen LogP contribution in [0.3, 0.4) is 0 Å². The van der Waals surface area contributed by atoms with Gasteiger partial charge in [0.2, 0.25) is 0 Å². The normalized spacial score (nSPS) is 16.9. The first kappa shape index (κ1) is 16.0. The molecule has 1 saturated heterocycles. The highest BCUT2D eigenvalue weighted by molar-refractivity contribution is 5.30. The first-order valence-electron chi connectivity index (χ1n) is 8.06. The van der Waals surface area contributed by atoms with Crippen molar-refractivity contribution in [2.75, 3.05) is 32.9 Å². The zero-order valence-corrected chi connectivity index (χ0v) is 13.2. The lowest BCUT2D eigenvalue weighted by Crippen LogP contribution is -2.40. The lowest BCUT2D eigenvalue weighted by atomic mass is 10.1. The van der Waals surface area contributed by atoms with Crippen LogP contribution < -0.4 is 4.74 Å². The largest absolute Gasteiger partial charge is 0.489 e. The molecular formula is C19H23NO3. The van der Waals surface area contributed by atoms with Crippen LogP contribution in [0.1, 0.15) is 17.2 Å². The molecule has 1 aliphatic rings. The van der Waals surface area contributed by atoms with Gasteiger partial charge >= 0.3 is 0 Å². The van der Waals surface area contributed by atoms with Gasteiger partial charge in [0.15, 0.2) is 0 Å². The fraction of sp³-hybridized carbons (Fsp3) is 0.368. The molecule has 4 nitrogen and oxygen atoms in total. The number of nitrogens with zero attached hydrogens (tertiary/aromatic N) is 1. The van der Waals surface area contributed by atoms with E-state index in [1.807, 2.05) is 42.5 Å². The number of aliphatic hydroxyl groups is 1. The molecule has 1 unspecified atom stereocenters. The zero-order chi connectivity index (χ0) is 15.9. The Balaban J connectivity index is 1.61. The molecule has 1 heterocycles. The van der Waals surface area contributed by atoms with E-state index in [0.717, 1.165) is 43.2 Å². The standard InChI is InChI=1S/C19H23NO3/c21-14-19(20-10-12-22-13-11-20)17-6-8-18(9-7-17)23-15-16-4-2-1-3-5-16/h1-9,19,21H,10-15H2. The van der Waals surface area contributed by atoms with E-state index < -0.39 is 0 Å². The van der Waals surface area contributed by atoms with E-state index in [2.05, 4.69) is 17.0 Å². The quantitative estimate of drug-likeness (QED) is 0.890. The van der Waals surface area contributed by atoms with Gasteiger partial charge in [-0.05, 0) is 23.3 Å². The van der Waals surface area contributed by atoms with E-state index in [1.54, 1.807) is 0 Å². The van der Waals surface area contributed by atoms with Crippen LogP contribution in [-0.4, -0.2) is 42.9 Å². The Bertz CT molecular complexity index is 579. The molecule has 0 aromatic heterocycles. The Morgan fingerprint density at radius 2 is 1.70 bits per heavy atom. The second-order valence-electron chi connectivity index (χ2n) is 5.69. The van der Waals surface area contributed by atoms with Gasteiger partial charge in [-0.25, -0.2) is 0 Å². The summed E-state index contributed by atoms with van der Waals surface area (Å²) in [5.74, 6) is 0.844. The van der Waals surface area contributed by atoms with Gasteiger partial charge in [0.05, 0.1) is 25.9 Å². The van der Waals surface area contributed by atoms with Gasteiger partial charge in [0.1, 0.15) is 12.4 Å². The van der Waals surface area contributed by atoms with Gasteiger partial charge in [-0.1, -0.05) is 42.5 Å². The van der Waals surface area contributed by atoms with Gasteiger partial charge in [0, 0.05) is 13.1 Å². The first-order chi connectivity index (χ1) is 11.4. The van der Waals surface area contributed by atoms with Gasteiger partial charge in [-0.15, -0.1) is 0 Å². The molecule has 0 bridgehead atoms. The van der Waals surface area contributed by atoms with Crippen molar-refractivity contribution in [2.45, 2.75) is 12.6 Å². The van der Waals surface area contributed by atoms with Crippen molar-refractivity contribution < 1.29 is 14.6 Å². The van der Waals surface area contributed by atoms with Crippen molar-refractivity contribution in [2.24, 2.45) is 0 Å². The summed E-state index contributed by atoms with van der Waals surface area (Å²) in [5, 5.41) is 9.74. The minimum absolute atomic E-state index is 0.0297. The number of aliphatic hydroxyl groups excluding tert-OH is 1. The van der Waals surface area contributed by atoms with Crippen LogP contribution in [0.5, 0.6) is 5.75 Å². The molecule has 0 aliphatic carbocycles. The second kappa shape index (κ2) is 8.11. The molecule has 1 N–H and O–H groups in total. The number of hydrogen-bond acceptors (Lipinski definition) is 4. The summed E-state index contributed by atoms with van der Waals surface area (Å²) < 4.78 is 11.2. The molecule has 0 amide bonds. The molecule has 3 rings (SSSR count). The predicted octanol–water partition coefficient (Wildman–Crippen LogP) is 2.63. The molecule has 1 aliphatic heterocycles. The zero-order valence-electron chi connectivity index (χ0n) is 13.2. The van der Waals surface area contributed by atoms with Crippen molar-refractivity contribution in [1.82, 2.24) is 4.90 Å². The third-order valence-electron chi connectivity index (χ3n) is 4.17. The third-order valence-corrected chi connectivity index (χ3v) is 4.17. The van der Waals surface area contributed by atoms with Crippen LogP contribution in [-0.2, 0) is 11.3 Å². The van der Waals surface area contributed by atoms with Crippen LogP contribution in [0.2, 0.25) is 0 Å². The molecule has 0 spiro atoms. The van der Waals surface area contributed by atoms with E-state index in [4.69, 9.17) is 9.47 Å². The van der Waals surface area contributed by atoms with Crippen LogP contribution in [0.25, 0.3) is 0 Å². The molecule has 1 atom stereocenters. The lowest BCUT2D eigenvalue weighted by molar-refractivity contribution is 0.00258. The Morgan fingerprint density at radius 3 is 2.35 bits per heavy atom. The van der Waals surface area contributed by atoms with E-state index >= 15 is 0 Å². The summed E-state index contributed by atoms with van der Waals surface area (Å²) in [5.41, 5.74) is 2.26. The number of rotatable bonds is 6. The number of ether oxygens (including phenoxy) is 2. The summed E-state index contributed by atoms with van der Waals surface area (Å²) in [7, 11) is 0. The summed E-state index contributed by atoms with van der Waals surface area (Å²) >= 11 is 0.